The molecule has 3 heterocycles. The van der Waals surface area contributed by atoms with Gasteiger partial charge in [0.1, 0.15) is 12.3 Å². The van der Waals surface area contributed by atoms with E-state index in [0.717, 1.165) is 22.4 Å². The lowest BCUT2D eigenvalue weighted by Crippen LogP contribution is -2.41. The van der Waals surface area contributed by atoms with Gasteiger partial charge in [-0.15, -0.1) is 0 Å². The van der Waals surface area contributed by atoms with Crippen molar-refractivity contribution in [2.75, 3.05) is 18.1 Å². The maximum atomic E-state index is 12.9. The Morgan fingerprint density at radius 1 is 1.21 bits per heavy atom. The molecule has 1 N–H and O–H groups in total. The number of anilines is 2. The Labute approximate surface area is 165 Å². The Bertz CT molecular complexity index is 1200. The molecule has 0 bridgehead atoms. The number of rotatable bonds is 5. The summed E-state index contributed by atoms with van der Waals surface area (Å²) in [4.78, 5) is 43.1. The molecule has 10 nitrogen and oxygen atoms in total. The van der Waals surface area contributed by atoms with Gasteiger partial charge < -0.3 is 19.3 Å². The van der Waals surface area contributed by atoms with Crippen molar-refractivity contribution in [2.24, 2.45) is 7.05 Å². The van der Waals surface area contributed by atoms with Crippen LogP contribution in [0.1, 0.15) is 13.3 Å². The van der Waals surface area contributed by atoms with Crippen molar-refractivity contribution in [1.82, 2.24) is 18.7 Å². The normalized spacial score (nSPS) is 13.5. The molecule has 0 amide bonds. The van der Waals surface area contributed by atoms with E-state index >= 15 is 0 Å². The zero-order chi connectivity index (χ0) is 20.7. The standard InChI is InChI=1S/C19H21N5O5/c1-3-29-13-7-5-12(6-8-13)22-9-4-10-23-15-16(20-18(22)23)21(2)19(28)24(17(15)27)11-14(25)26/h5-8H,3-4,9-11H2,1-2H3,(H,25,26). The molecule has 0 unspecified atom stereocenters. The number of carbonyl (C=O) groups is 1. The minimum atomic E-state index is -1.25. The predicted octanol–water partition coefficient (Wildman–Crippen LogP) is 0.922. The minimum Gasteiger partial charge on any atom is -0.494 e. The van der Waals surface area contributed by atoms with E-state index in [1.54, 1.807) is 4.57 Å². The van der Waals surface area contributed by atoms with Crippen molar-refractivity contribution in [2.45, 2.75) is 26.4 Å². The third-order valence-corrected chi connectivity index (χ3v) is 4.97. The maximum Gasteiger partial charge on any atom is 0.333 e. The van der Waals surface area contributed by atoms with Gasteiger partial charge in [-0.1, -0.05) is 0 Å². The third kappa shape index (κ3) is 3.06. The van der Waals surface area contributed by atoms with Gasteiger partial charge in [-0.05, 0) is 37.6 Å². The quantitative estimate of drug-likeness (QED) is 0.679. The lowest BCUT2D eigenvalue weighted by Gasteiger charge is -2.29. The molecule has 0 aliphatic carbocycles. The highest BCUT2D eigenvalue weighted by Crippen LogP contribution is 2.31. The van der Waals surface area contributed by atoms with Crippen LogP contribution in [-0.2, 0) is 24.9 Å². The van der Waals surface area contributed by atoms with Crippen LogP contribution in [0.3, 0.4) is 0 Å². The van der Waals surface area contributed by atoms with Crippen molar-refractivity contribution in [1.29, 1.82) is 0 Å². The molecule has 1 aromatic carbocycles. The van der Waals surface area contributed by atoms with Crippen molar-refractivity contribution < 1.29 is 14.6 Å². The smallest absolute Gasteiger partial charge is 0.333 e. The second kappa shape index (κ2) is 7.12. The largest absolute Gasteiger partial charge is 0.494 e. The van der Waals surface area contributed by atoms with Crippen molar-refractivity contribution in [3.63, 3.8) is 0 Å². The molecule has 10 heteroatoms. The van der Waals surface area contributed by atoms with Gasteiger partial charge >= 0.3 is 11.7 Å². The molecule has 0 fully saturated rings. The van der Waals surface area contributed by atoms with Crippen LogP contribution in [0.15, 0.2) is 33.9 Å². The Morgan fingerprint density at radius 2 is 1.93 bits per heavy atom. The molecule has 0 atom stereocenters. The first-order chi connectivity index (χ1) is 13.9. The predicted molar refractivity (Wildman–Crippen MR) is 106 cm³/mol. The van der Waals surface area contributed by atoms with Gasteiger partial charge in [0.25, 0.3) is 5.56 Å². The summed E-state index contributed by atoms with van der Waals surface area (Å²) >= 11 is 0. The van der Waals surface area contributed by atoms with Crippen LogP contribution < -0.4 is 20.9 Å². The zero-order valence-electron chi connectivity index (χ0n) is 16.2. The summed E-state index contributed by atoms with van der Waals surface area (Å²) in [6.45, 7) is 3.07. The van der Waals surface area contributed by atoms with E-state index in [0.29, 0.717) is 25.6 Å². The van der Waals surface area contributed by atoms with Gasteiger partial charge in [0.05, 0.1) is 6.61 Å². The molecule has 152 valence electrons. The Hall–Kier alpha value is -3.56. The highest BCUT2D eigenvalue weighted by atomic mass is 16.5. The van der Waals surface area contributed by atoms with Gasteiger partial charge in [0.15, 0.2) is 11.2 Å². The first-order valence-electron chi connectivity index (χ1n) is 9.34. The number of ether oxygens (including phenoxy) is 1. The molecule has 1 aliphatic heterocycles. The van der Waals surface area contributed by atoms with Crippen LogP contribution in [0.4, 0.5) is 11.6 Å². The van der Waals surface area contributed by atoms with E-state index in [4.69, 9.17) is 9.84 Å². The highest BCUT2D eigenvalue weighted by Gasteiger charge is 2.27. The second-order valence-corrected chi connectivity index (χ2v) is 6.79. The number of aryl methyl sites for hydroxylation is 2. The number of carboxylic acids is 1. The van der Waals surface area contributed by atoms with Crippen molar-refractivity contribution >= 4 is 28.8 Å². The van der Waals surface area contributed by atoms with E-state index in [2.05, 4.69) is 4.98 Å². The fourth-order valence-corrected chi connectivity index (χ4v) is 3.67. The first kappa shape index (κ1) is 18.8. The summed E-state index contributed by atoms with van der Waals surface area (Å²) in [5, 5.41) is 9.07. The maximum absolute atomic E-state index is 12.9. The summed E-state index contributed by atoms with van der Waals surface area (Å²) < 4.78 is 9.20. The molecule has 1 aliphatic rings. The summed E-state index contributed by atoms with van der Waals surface area (Å²) in [6.07, 6.45) is 0.771. The molecule has 0 spiro atoms. The van der Waals surface area contributed by atoms with Gasteiger partial charge in [-0.25, -0.2) is 9.36 Å². The van der Waals surface area contributed by atoms with Crippen LogP contribution >= 0.6 is 0 Å². The minimum absolute atomic E-state index is 0.235. The molecule has 0 saturated carbocycles. The molecular weight excluding hydrogens is 378 g/mol. The van der Waals surface area contributed by atoms with Crippen molar-refractivity contribution in [3.8, 4) is 5.75 Å². The number of fused-ring (bicyclic) bond motifs is 3. The summed E-state index contributed by atoms with van der Waals surface area (Å²) in [5.41, 5.74) is 0.0276. The Kier molecular flexibility index (Phi) is 4.61. The topological polar surface area (TPSA) is 112 Å². The van der Waals surface area contributed by atoms with E-state index < -0.39 is 23.8 Å². The number of hydrogen-bond donors (Lipinski definition) is 1. The molecule has 29 heavy (non-hydrogen) atoms. The SMILES string of the molecule is CCOc1ccc(N2CCCn3c2nc2c3c(=O)n(CC(=O)O)c(=O)n2C)cc1. The van der Waals surface area contributed by atoms with Gasteiger partial charge in [-0.3, -0.25) is 14.2 Å². The molecule has 0 radical (unpaired) electrons. The number of carboxylic acid groups (broad SMARTS) is 1. The van der Waals surface area contributed by atoms with Gasteiger partial charge in [0, 0.05) is 25.8 Å². The van der Waals surface area contributed by atoms with Crippen molar-refractivity contribution in [3.05, 3.63) is 45.1 Å². The number of nitrogens with zero attached hydrogens (tertiary/aromatic N) is 5. The van der Waals surface area contributed by atoms with E-state index in [1.165, 1.54) is 11.6 Å². The Balaban J connectivity index is 1.88. The van der Waals surface area contributed by atoms with Gasteiger partial charge in [0.2, 0.25) is 5.95 Å². The molecule has 0 saturated heterocycles. The lowest BCUT2D eigenvalue weighted by molar-refractivity contribution is -0.137. The van der Waals surface area contributed by atoms with Crippen LogP contribution in [0.25, 0.3) is 11.2 Å². The van der Waals surface area contributed by atoms with Crippen LogP contribution in [0.2, 0.25) is 0 Å². The fraction of sp³-hybridized carbons (Fsp3) is 0.368. The number of benzene rings is 1. The van der Waals surface area contributed by atoms with Crippen LogP contribution in [0.5, 0.6) is 5.75 Å². The molecule has 3 aromatic rings. The Morgan fingerprint density at radius 3 is 2.59 bits per heavy atom. The average molecular weight is 399 g/mol. The van der Waals surface area contributed by atoms with Crippen LogP contribution in [0, 0.1) is 0 Å². The first-order valence-corrected chi connectivity index (χ1v) is 9.34. The van der Waals surface area contributed by atoms with E-state index in [1.807, 2.05) is 36.1 Å². The second-order valence-electron chi connectivity index (χ2n) is 6.79. The van der Waals surface area contributed by atoms with E-state index in [9.17, 15) is 14.4 Å². The zero-order valence-corrected chi connectivity index (χ0v) is 16.2. The number of hydrogen-bond acceptors (Lipinski definition) is 6. The number of aromatic nitrogens is 4. The summed E-state index contributed by atoms with van der Waals surface area (Å²) in [6, 6.07) is 7.58. The molecule has 4 rings (SSSR count). The van der Waals surface area contributed by atoms with E-state index in [-0.39, 0.29) is 11.2 Å². The van der Waals surface area contributed by atoms with Crippen LogP contribution in [-0.4, -0.2) is 42.9 Å². The lowest BCUT2D eigenvalue weighted by atomic mass is 10.2. The summed E-state index contributed by atoms with van der Waals surface area (Å²) in [5.74, 6) is 0.0641. The third-order valence-electron chi connectivity index (χ3n) is 4.97. The summed E-state index contributed by atoms with van der Waals surface area (Å²) in [7, 11) is 1.49. The fourth-order valence-electron chi connectivity index (χ4n) is 3.67. The number of aliphatic carboxylic acids is 1. The highest BCUT2D eigenvalue weighted by molar-refractivity contribution is 5.77. The monoisotopic (exact) mass is 399 g/mol. The number of imidazole rings is 1. The molecule has 2 aromatic heterocycles. The average Bonchev–Trinajstić information content (AvgIpc) is 3.10. The molecular formula is C19H21N5O5. The van der Waals surface area contributed by atoms with Gasteiger partial charge in [-0.2, -0.15) is 4.98 Å².